The molecule has 6 nitrogen and oxygen atoms in total. The van der Waals surface area contributed by atoms with E-state index in [4.69, 9.17) is 4.74 Å². The normalized spacial score (nSPS) is 10.9. The lowest BCUT2D eigenvalue weighted by Crippen LogP contribution is -2.18. The van der Waals surface area contributed by atoms with Gasteiger partial charge in [0, 0.05) is 26.4 Å². The Bertz CT molecular complexity index is 557. The fourth-order valence-electron chi connectivity index (χ4n) is 1.69. The SMILES string of the molecule is COCCNCc1cnc(Sc2n[nH]c(C)n2)c(C)c1. The van der Waals surface area contributed by atoms with E-state index in [9.17, 15) is 0 Å². The predicted octanol–water partition coefficient (Wildman–Crippen LogP) is 1.70. The van der Waals surface area contributed by atoms with Crippen LogP contribution >= 0.6 is 11.8 Å². The fraction of sp³-hybridized carbons (Fsp3) is 0.462. The second-order valence-corrected chi connectivity index (χ2v) is 5.40. The molecule has 7 heteroatoms. The first kappa shape index (κ1) is 15.0. The number of nitrogens with zero attached hydrogens (tertiary/aromatic N) is 3. The topological polar surface area (TPSA) is 75.7 Å². The number of H-pyrrole nitrogens is 1. The van der Waals surface area contributed by atoms with Crippen molar-refractivity contribution in [1.82, 2.24) is 25.5 Å². The smallest absolute Gasteiger partial charge is 0.214 e. The summed E-state index contributed by atoms with van der Waals surface area (Å²) in [4.78, 5) is 8.75. The third kappa shape index (κ3) is 4.29. The third-order valence-electron chi connectivity index (χ3n) is 2.66. The number of methoxy groups -OCH3 is 1. The van der Waals surface area contributed by atoms with Gasteiger partial charge in [0.15, 0.2) is 0 Å². The Kier molecular flexibility index (Phi) is 5.51. The van der Waals surface area contributed by atoms with Crippen molar-refractivity contribution in [2.24, 2.45) is 0 Å². The molecule has 0 aromatic carbocycles. The van der Waals surface area contributed by atoms with Crippen LogP contribution in [0.25, 0.3) is 0 Å². The van der Waals surface area contributed by atoms with Crippen molar-refractivity contribution in [3.8, 4) is 0 Å². The fourth-order valence-corrected chi connectivity index (χ4v) is 2.46. The first-order valence-corrected chi connectivity index (χ1v) is 7.22. The highest BCUT2D eigenvalue weighted by Crippen LogP contribution is 2.25. The van der Waals surface area contributed by atoms with Crippen LogP contribution in [0.15, 0.2) is 22.4 Å². The van der Waals surface area contributed by atoms with Crippen molar-refractivity contribution in [2.45, 2.75) is 30.6 Å². The van der Waals surface area contributed by atoms with Crippen molar-refractivity contribution in [1.29, 1.82) is 0 Å². The maximum atomic E-state index is 4.99. The van der Waals surface area contributed by atoms with Crippen LogP contribution in [-0.4, -0.2) is 40.4 Å². The number of nitrogens with one attached hydrogen (secondary N) is 2. The molecule has 0 aliphatic carbocycles. The molecule has 108 valence electrons. The summed E-state index contributed by atoms with van der Waals surface area (Å²) < 4.78 is 4.99. The van der Waals surface area contributed by atoms with Crippen LogP contribution in [0.4, 0.5) is 0 Å². The van der Waals surface area contributed by atoms with Gasteiger partial charge in [0.2, 0.25) is 5.16 Å². The minimum Gasteiger partial charge on any atom is -0.383 e. The molecule has 2 N–H and O–H groups in total. The molecule has 0 amide bonds. The van der Waals surface area contributed by atoms with E-state index in [1.807, 2.05) is 20.0 Å². The number of aromatic nitrogens is 4. The largest absolute Gasteiger partial charge is 0.383 e. The molecule has 0 aliphatic heterocycles. The summed E-state index contributed by atoms with van der Waals surface area (Å²) in [6.07, 6.45) is 1.88. The number of pyridine rings is 1. The summed E-state index contributed by atoms with van der Waals surface area (Å²) in [7, 11) is 1.70. The molecule has 0 atom stereocenters. The summed E-state index contributed by atoms with van der Waals surface area (Å²) in [6, 6.07) is 2.13. The van der Waals surface area contributed by atoms with Crippen molar-refractivity contribution in [3.63, 3.8) is 0 Å². The van der Waals surface area contributed by atoms with Gasteiger partial charge < -0.3 is 10.1 Å². The molecule has 2 heterocycles. The molecule has 0 saturated carbocycles. The molecular formula is C13H19N5OS. The van der Waals surface area contributed by atoms with Crippen molar-refractivity contribution in [3.05, 3.63) is 29.2 Å². The Morgan fingerprint density at radius 3 is 2.90 bits per heavy atom. The lowest BCUT2D eigenvalue weighted by Gasteiger charge is -2.07. The maximum Gasteiger partial charge on any atom is 0.214 e. The molecule has 0 saturated heterocycles. The average Bonchev–Trinajstić information content (AvgIpc) is 2.83. The number of aromatic amines is 1. The molecule has 2 aromatic rings. The maximum absolute atomic E-state index is 4.99. The van der Waals surface area contributed by atoms with Crippen LogP contribution in [-0.2, 0) is 11.3 Å². The first-order chi connectivity index (χ1) is 9.69. The monoisotopic (exact) mass is 293 g/mol. The van der Waals surface area contributed by atoms with Crippen LogP contribution in [0.5, 0.6) is 0 Å². The van der Waals surface area contributed by atoms with Gasteiger partial charge in [-0.3, -0.25) is 5.10 Å². The van der Waals surface area contributed by atoms with Crippen LogP contribution in [0.1, 0.15) is 17.0 Å². The van der Waals surface area contributed by atoms with Gasteiger partial charge in [0.05, 0.1) is 6.61 Å². The summed E-state index contributed by atoms with van der Waals surface area (Å²) in [5, 5.41) is 11.9. The predicted molar refractivity (Wildman–Crippen MR) is 77.8 cm³/mol. The van der Waals surface area contributed by atoms with Gasteiger partial charge in [0.25, 0.3) is 0 Å². The standard InChI is InChI=1S/C13H19N5OS/c1-9-6-11(7-14-4-5-19-3)8-15-12(9)20-13-16-10(2)17-18-13/h6,8,14H,4-5,7H2,1-3H3,(H,16,17,18). The molecule has 2 rings (SSSR count). The number of rotatable bonds is 7. The molecule has 0 fully saturated rings. The summed E-state index contributed by atoms with van der Waals surface area (Å²) in [5.41, 5.74) is 2.29. The van der Waals surface area contributed by atoms with E-state index < -0.39 is 0 Å². The number of ether oxygens (including phenoxy) is 1. The highest BCUT2D eigenvalue weighted by atomic mass is 32.2. The summed E-state index contributed by atoms with van der Waals surface area (Å²) >= 11 is 1.47. The Labute approximate surface area is 122 Å². The zero-order valence-electron chi connectivity index (χ0n) is 11.9. The van der Waals surface area contributed by atoms with Crippen LogP contribution < -0.4 is 5.32 Å². The number of hydrogen-bond donors (Lipinski definition) is 2. The zero-order valence-corrected chi connectivity index (χ0v) is 12.8. The Hall–Kier alpha value is -1.44. The Morgan fingerprint density at radius 2 is 2.25 bits per heavy atom. The van der Waals surface area contributed by atoms with Gasteiger partial charge in [-0.25, -0.2) is 9.97 Å². The third-order valence-corrected chi connectivity index (χ3v) is 3.65. The Morgan fingerprint density at radius 1 is 1.40 bits per heavy atom. The van der Waals surface area contributed by atoms with Crippen LogP contribution in [0.2, 0.25) is 0 Å². The Balaban J connectivity index is 1.95. The van der Waals surface area contributed by atoms with E-state index >= 15 is 0 Å². The molecular weight excluding hydrogens is 274 g/mol. The molecule has 0 radical (unpaired) electrons. The molecule has 2 aromatic heterocycles. The van der Waals surface area contributed by atoms with Gasteiger partial charge in [-0.15, -0.1) is 5.10 Å². The molecule has 0 unspecified atom stereocenters. The second kappa shape index (κ2) is 7.37. The molecule has 0 bridgehead atoms. The second-order valence-electron chi connectivity index (χ2n) is 4.44. The minimum atomic E-state index is 0.698. The van der Waals surface area contributed by atoms with Gasteiger partial charge in [0.1, 0.15) is 10.9 Å². The van der Waals surface area contributed by atoms with E-state index in [1.54, 1.807) is 7.11 Å². The zero-order chi connectivity index (χ0) is 14.4. The van der Waals surface area contributed by atoms with E-state index in [-0.39, 0.29) is 0 Å². The quantitative estimate of drug-likeness (QED) is 0.757. The molecule has 0 aliphatic rings. The van der Waals surface area contributed by atoms with Crippen LogP contribution in [0, 0.1) is 13.8 Å². The highest BCUT2D eigenvalue weighted by Gasteiger charge is 2.07. The minimum absolute atomic E-state index is 0.698. The average molecular weight is 293 g/mol. The number of hydrogen-bond acceptors (Lipinski definition) is 6. The highest BCUT2D eigenvalue weighted by molar-refractivity contribution is 7.99. The van der Waals surface area contributed by atoms with Crippen molar-refractivity contribution < 1.29 is 4.74 Å². The van der Waals surface area contributed by atoms with E-state index in [1.165, 1.54) is 11.8 Å². The lowest BCUT2D eigenvalue weighted by molar-refractivity contribution is 0.199. The van der Waals surface area contributed by atoms with E-state index in [2.05, 4.69) is 31.5 Å². The van der Waals surface area contributed by atoms with Gasteiger partial charge in [-0.2, -0.15) is 0 Å². The van der Waals surface area contributed by atoms with E-state index in [0.29, 0.717) is 11.8 Å². The van der Waals surface area contributed by atoms with Gasteiger partial charge in [-0.05, 0) is 36.7 Å². The molecule has 0 spiro atoms. The number of aryl methyl sites for hydroxylation is 2. The van der Waals surface area contributed by atoms with Gasteiger partial charge in [-0.1, -0.05) is 6.07 Å². The molecule has 20 heavy (non-hydrogen) atoms. The first-order valence-electron chi connectivity index (χ1n) is 6.41. The summed E-state index contributed by atoms with van der Waals surface area (Å²) in [5.74, 6) is 0.809. The van der Waals surface area contributed by atoms with Crippen molar-refractivity contribution in [2.75, 3.05) is 20.3 Å². The van der Waals surface area contributed by atoms with Crippen LogP contribution in [0.3, 0.4) is 0 Å². The van der Waals surface area contributed by atoms with Gasteiger partial charge >= 0.3 is 0 Å². The summed E-state index contributed by atoms with van der Waals surface area (Å²) in [6.45, 7) is 6.27. The lowest BCUT2D eigenvalue weighted by atomic mass is 10.2. The van der Waals surface area contributed by atoms with E-state index in [0.717, 1.165) is 35.1 Å². The van der Waals surface area contributed by atoms with Crippen molar-refractivity contribution >= 4 is 11.8 Å².